The van der Waals surface area contributed by atoms with Crippen LogP contribution in [-0.2, 0) is 22.4 Å². The molecule has 2 N–H and O–H groups in total. The van der Waals surface area contributed by atoms with E-state index in [1.54, 1.807) is 6.07 Å². The van der Waals surface area contributed by atoms with Gasteiger partial charge in [0.15, 0.2) is 0 Å². The van der Waals surface area contributed by atoms with Crippen molar-refractivity contribution in [2.75, 3.05) is 17.7 Å². The first-order chi connectivity index (χ1) is 18.9. The van der Waals surface area contributed by atoms with Crippen LogP contribution in [-0.4, -0.2) is 30.1 Å². The van der Waals surface area contributed by atoms with Gasteiger partial charge in [-0.3, -0.25) is 9.59 Å². The Morgan fingerprint density at radius 2 is 1.85 bits per heavy atom. The Labute approximate surface area is 239 Å². The molecule has 2 atom stereocenters. The lowest BCUT2D eigenvalue weighted by molar-refractivity contribution is -0.115. The van der Waals surface area contributed by atoms with Crippen molar-refractivity contribution in [1.29, 1.82) is 0 Å². The summed E-state index contributed by atoms with van der Waals surface area (Å²) in [6, 6.07) is 21.5. The molecule has 0 aliphatic heterocycles. The monoisotopic (exact) mass is 576 g/mol. The fourth-order valence-corrected chi connectivity index (χ4v) is 7.58. The number of ether oxygens (including phenoxy) is 1. The average Bonchev–Trinajstić information content (AvgIpc) is 3.61. The summed E-state index contributed by atoms with van der Waals surface area (Å²) in [4.78, 5) is 41.0. The van der Waals surface area contributed by atoms with Crippen molar-refractivity contribution in [3.8, 4) is 0 Å². The molecule has 0 fully saturated rings. The van der Waals surface area contributed by atoms with E-state index in [2.05, 4.69) is 34.9 Å². The molecule has 2 aromatic carbocycles. The number of hydrogen-bond donors (Lipinski definition) is 2. The Hall–Kier alpha value is -3.40. The molecule has 2 aromatic heterocycles. The van der Waals surface area contributed by atoms with Crippen LogP contribution in [0, 0.1) is 0 Å². The summed E-state index contributed by atoms with van der Waals surface area (Å²) in [5.41, 5.74) is 3.43. The number of amides is 2. The van der Waals surface area contributed by atoms with Crippen LogP contribution in [0.2, 0.25) is 0 Å². The second kappa shape index (κ2) is 12.2. The van der Waals surface area contributed by atoms with Gasteiger partial charge in [-0.25, -0.2) is 4.79 Å². The number of hydrogen-bond acceptors (Lipinski definition) is 7. The van der Waals surface area contributed by atoms with E-state index in [-0.39, 0.29) is 11.8 Å². The molecule has 2 unspecified atom stereocenters. The summed E-state index contributed by atoms with van der Waals surface area (Å²) < 4.78 is 5.10. The summed E-state index contributed by atoms with van der Waals surface area (Å²) >= 11 is 4.25. The first-order valence-corrected chi connectivity index (χ1v) is 15.2. The highest BCUT2D eigenvalue weighted by Gasteiger charge is 2.31. The molecule has 0 spiro atoms. The highest BCUT2D eigenvalue weighted by Crippen LogP contribution is 2.43. The Morgan fingerprint density at radius 1 is 1.03 bits per heavy atom. The van der Waals surface area contributed by atoms with E-state index < -0.39 is 11.2 Å². The topological polar surface area (TPSA) is 84.5 Å². The van der Waals surface area contributed by atoms with E-state index in [1.165, 1.54) is 47.1 Å². The number of thiophene rings is 2. The maximum atomic E-state index is 13.3. The van der Waals surface area contributed by atoms with Gasteiger partial charge in [-0.1, -0.05) is 42.5 Å². The van der Waals surface area contributed by atoms with Crippen LogP contribution in [0.4, 0.5) is 10.7 Å². The number of fused-ring (bicyclic) bond motifs is 1. The third-order valence-corrected chi connectivity index (χ3v) is 9.81. The van der Waals surface area contributed by atoms with Crippen LogP contribution in [0.3, 0.4) is 0 Å². The zero-order chi connectivity index (χ0) is 27.4. The lowest BCUT2D eigenvalue weighted by atomic mass is 9.83. The second-order valence-corrected chi connectivity index (χ2v) is 12.7. The van der Waals surface area contributed by atoms with Crippen molar-refractivity contribution >= 4 is 62.9 Å². The van der Waals surface area contributed by atoms with Crippen molar-refractivity contribution in [3.05, 3.63) is 98.6 Å². The summed E-state index contributed by atoms with van der Waals surface area (Å²) in [5.74, 6) is -0.398. The number of thioether (sulfide) groups is 1. The van der Waals surface area contributed by atoms with Gasteiger partial charge in [-0.05, 0) is 72.9 Å². The molecular formula is C30H28N2O4S3. The van der Waals surface area contributed by atoms with Crippen molar-refractivity contribution in [2.24, 2.45) is 0 Å². The second-order valence-electron chi connectivity index (χ2n) is 9.26. The minimum Gasteiger partial charge on any atom is -0.465 e. The fraction of sp³-hybridized carbons (Fsp3) is 0.233. The molecule has 0 radical (unpaired) electrons. The van der Waals surface area contributed by atoms with E-state index in [0.29, 0.717) is 27.0 Å². The summed E-state index contributed by atoms with van der Waals surface area (Å²) in [5, 5.41) is 7.89. The molecule has 6 nitrogen and oxygen atoms in total. The van der Waals surface area contributed by atoms with Crippen LogP contribution in [0.5, 0.6) is 0 Å². The zero-order valence-corrected chi connectivity index (χ0v) is 24.0. The predicted molar refractivity (Wildman–Crippen MR) is 160 cm³/mol. The lowest BCUT2D eigenvalue weighted by Crippen LogP contribution is -2.23. The SMILES string of the molecule is COC(=O)c1c(NC(=O)C(C)Sc2cccc(NC(=O)c3cccs3)c2)sc2c1CCC(c1ccccc1)C2. The molecule has 39 heavy (non-hydrogen) atoms. The largest absolute Gasteiger partial charge is 0.465 e. The lowest BCUT2D eigenvalue weighted by Gasteiger charge is -2.22. The average molecular weight is 577 g/mol. The molecule has 200 valence electrons. The molecule has 9 heteroatoms. The Kier molecular flexibility index (Phi) is 8.50. The van der Waals surface area contributed by atoms with E-state index in [1.807, 2.05) is 48.7 Å². The van der Waals surface area contributed by atoms with Gasteiger partial charge in [-0.15, -0.1) is 34.4 Å². The minimum absolute atomic E-state index is 0.163. The van der Waals surface area contributed by atoms with Crippen LogP contribution in [0.25, 0.3) is 0 Å². The first kappa shape index (κ1) is 27.2. The van der Waals surface area contributed by atoms with Crippen LogP contribution >= 0.6 is 34.4 Å². The van der Waals surface area contributed by atoms with Gasteiger partial charge in [-0.2, -0.15) is 0 Å². The first-order valence-electron chi connectivity index (χ1n) is 12.6. The molecule has 1 aliphatic rings. The Morgan fingerprint density at radius 3 is 2.59 bits per heavy atom. The summed E-state index contributed by atoms with van der Waals surface area (Å²) in [6.07, 6.45) is 2.54. The fourth-order valence-electron chi connectivity index (χ4n) is 4.72. The van der Waals surface area contributed by atoms with E-state index >= 15 is 0 Å². The summed E-state index contributed by atoms with van der Waals surface area (Å²) in [7, 11) is 1.37. The maximum absolute atomic E-state index is 13.3. The molecule has 2 heterocycles. The van der Waals surface area contributed by atoms with Crippen molar-refractivity contribution in [3.63, 3.8) is 0 Å². The third-order valence-electron chi connectivity index (χ3n) is 6.68. The zero-order valence-electron chi connectivity index (χ0n) is 21.6. The standard InChI is InChI=1S/C30H28N2O4S3/c1-18(38-22-11-6-10-21(17-22)31-28(34)24-12-7-15-37-24)27(33)32-29-26(30(35)36-2)23-14-13-20(16-25(23)39-29)19-8-4-3-5-9-19/h3-12,15,17-18,20H,13-14,16H2,1-2H3,(H,31,34)(H,32,33). The van der Waals surface area contributed by atoms with Crippen LogP contribution in [0.1, 0.15) is 55.3 Å². The van der Waals surface area contributed by atoms with Crippen molar-refractivity contribution < 1.29 is 19.1 Å². The number of methoxy groups -OCH3 is 1. The number of carbonyl (C=O) groups is 3. The number of nitrogens with one attached hydrogen (secondary N) is 2. The van der Waals surface area contributed by atoms with Crippen molar-refractivity contribution in [1.82, 2.24) is 0 Å². The molecule has 5 rings (SSSR count). The number of esters is 1. The van der Waals surface area contributed by atoms with Gasteiger partial charge in [0, 0.05) is 15.5 Å². The molecular weight excluding hydrogens is 549 g/mol. The number of benzene rings is 2. The molecule has 0 saturated carbocycles. The molecule has 2 amide bonds. The van der Waals surface area contributed by atoms with Crippen LogP contribution < -0.4 is 10.6 Å². The number of carbonyl (C=O) groups excluding carboxylic acids is 3. The minimum atomic E-state index is -0.435. The quantitative estimate of drug-likeness (QED) is 0.171. The number of rotatable bonds is 8. The molecule has 0 bridgehead atoms. The van der Waals surface area contributed by atoms with Gasteiger partial charge in [0.1, 0.15) is 5.00 Å². The Bertz CT molecular complexity index is 1480. The number of anilines is 2. The van der Waals surface area contributed by atoms with Crippen LogP contribution in [0.15, 0.2) is 77.0 Å². The molecule has 4 aromatic rings. The van der Waals surface area contributed by atoms with Gasteiger partial charge in [0.2, 0.25) is 5.91 Å². The Balaban J connectivity index is 1.28. The summed E-state index contributed by atoms with van der Waals surface area (Å²) in [6.45, 7) is 1.83. The van der Waals surface area contributed by atoms with Gasteiger partial charge < -0.3 is 15.4 Å². The maximum Gasteiger partial charge on any atom is 0.341 e. The van der Waals surface area contributed by atoms with E-state index in [0.717, 1.165) is 34.6 Å². The third kappa shape index (κ3) is 6.27. The smallest absolute Gasteiger partial charge is 0.341 e. The van der Waals surface area contributed by atoms with Gasteiger partial charge >= 0.3 is 5.97 Å². The van der Waals surface area contributed by atoms with Gasteiger partial charge in [0.25, 0.3) is 5.91 Å². The van der Waals surface area contributed by atoms with Gasteiger partial charge in [0.05, 0.1) is 22.8 Å². The molecule has 0 saturated heterocycles. The highest BCUT2D eigenvalue weighted by molar-refractivity contribution is 8.00. The highest BCUT2D eigenvalue weighted by atomic mass is 32.2. The predicted octanol–water partition coefficient (Wildman–Crippen LogP) is 7.24. The van der Waals surface area contributed by atoms with E-state index in [4.69, 9.17) is 4.74 Å². The molecule has 1 aliphatic carbocycles. The normalized spacial score (nSPS) is 15.2. The van der Waals surface area contributed by atoms with E-state index in [9.17, 15) is 14.4 Å². The van der Waals surface area contributed by atoms with Crippen molar-refractivity contribution in [2.45, 2.75) is 42.2 Å².